The number of hydrogen-bond donors (Lipinski definition) is 0. The number of alkyl halides is 1. The van der Waals surface area contributed by atoms with Crippen molar-refractivity contribution in [3.8, 4) is 5.75 Å². The highest BCUT2D eigenvalue weighted by molar-refractivity contribution is 14.1. The zero-order chi connectivity index (χ0) is 12.4. The number of methoxy groups -OCH3 is 1. The lowest BCUT2D eigenvalue weighted by atomic mass is 10.1. The van der Waals surface area contributed by atoms with Crippen LogP contribution in [0.4, 0.5) is 4.39 Å². The van der Waals surface area contributed by atoms with E-state index in [0.29, 0.717) is 5.75 Å². The highest BCUT2D eigenvalue weighted by Gasteiger charge is 2.17. The van der Waals surface area contributed by atoms with Gasteiger partial charge in [-0.3, -0.25) is 0 Å². The predicted octanol–water partition coefficient (Wildman–Crippen LogP) is 4.98. The molecular formula is C12H9BrFIOS. The van der Waals surface area contributed by atoms with E-state index in [4.69, 9.17) is 4.74 Å². The Morgan fingerprint density at radius 1 is 1.41 bits per heavy atom. The molecule has 0 aliphatic heterocycles. The second kappa shape index (κ2) is 5.67. The lowest BCUT2D eigenvalue weighted by Crippen LogP contribution is -1.97. The molecule has 0 bridgehead atoms. The molecule has 5 heteroatoms. The van der Waals surface area contributed by atoms with Crippen molar-refractivity contribution in [3.05, 3.63) is 49.5 Å². The second-order valence-electron chi connectivity index (χ2n) is 3.43. The number of thiophene rings is 1. The van der Waals surface area contributed by atoms with Crippen molar-refractivity contribution in [2.45, 2.75) is 4.83 Å². The van der Waals surface area contributed by atoms with E-state index in [-0.39, 0.29) is 10.6 Å². The van der Waals surface area contributed by atoms with E-state index in [1.165, 1.54) is 15.0 Å². The van der Waals surface area contributed by atoms with Crippen LogP contribution in [0.25, 0.3) is 0 Å². The molecule has 1 unspecified atom stereocenters. The Morgan fingerprint density at radius 3 is 2.76 bits per heavy atom. The minimum Gasteiger partial charge on any atom is -0.496 e. The van der Waals surface area contributed by atoms with E-state index in [9.17, 15) is 4.39 Å². The van der Waals surface area contributed by atoms with Crippen LogP contribution in [-0.2, 0) is 0 Å². The number of benzene rings is 1. The summed E-state index contributed by atoms with van der Waals surface area (Å²) in [7, 11) is 1.59. The summed E-state index contributed by atoms with van der Waals surface area (Å²) in [6.07, 6.45) is 0. The average molecular weight is 427 g/mol. The van der Waals surface area contributed by atoms with E-state index in [1.54, 1.807) is 24.5 Å². The van der Waals surface area contributed by atoms with Gasteiger partial charge in [-0.1, -0.05) is 15.9 Å². The van der Waals surface area contributed by atoms with Crippen molar-refractivity contribution < 1.29 is 9.13 Å². The Bertz CT molecular complexity index is 529. The topological polar surface area (TPSA) is 9.23 Å². The summed E-state index contributed by atoms with van der Waals surface area (Å²) in [6.45, 7) is 0. The molecule has 1 heterocycles. The summed E-state index contributed by atoms with van der Waals surface area (Å²) in [5.74, 6) is 0.435. The summed E-state index contributed by atoms with van der Waals surface area (Å²) < 4.78 is 19.8. The molecule has 0 spiro atoms. The third-order valence-electron chi connectivity index (χ3n) is 2.35. The van der Waals surface area contributed by atoms with Gasteiger partial charge in [-0.05, 0) is 57.8 Å². The Balaban J connectivity index is 2.42. The van der Waals surface area contributed by atoms with E-state index >= 15 is 0 Å². The third kappa shape index (κ3) is 3.00. The molecule has 1 nitrogen and oxygen atoms in total. The third-order valence-corrected chi connectivity index (χ3v) is 5.17. The van der Waals surface area contributed by atoms with E-state index in [1.807, 2.05) is 0 Å². The van der Waals surface area contributed by atoms with Gasteiger partial charge in [-0.2, -0.15) is 0 Å². The second-order valence-corrected chi connectivity index (χ2v) is 7.15. The van der Waals surface area contributed by atoms with Crippen molar-refractivity contribution in [2.24, 2.45) is 0 Å². The summed E-state index contributed by atoms with van der Waals surface area (Å²) in [4.78, 5) is -0.0482. The van der Waals surface area contributed by atoms with Crippen molar-refractivity contribution in [1.82, 2.24) is 0 Å². The van der Waals surface area contributed by atoms with Crippen LogP contribution in [0, 0.1) is 8.70 Å². The van der Waals surface area contributed by atoms with Crippen molar-refractivity contribution >= 4 is 49.9 Å². The van der Waals surface area contributed by atoms with E-state index in [0.717, 1.165) is 11.1 Å². The molecule has 2 rings (SSSR count). The molecule has 0 aliphatic carbocycles. The SMILES string of the molecule is COc1ccc(F)cc1C(Br)c1csc(I)c1. The monoisotopic (exact) mass is 426 g/mol. The summed E-state index contributed by atoms with van der Waals surface area (Å²) in [5, 5.41) is 2.06. The van der Waals surface area contributed by atoms with Gasteiger partial charge in [-0.15, -0.1) is 11.3 Å². The molecule has 2 aromatic rings. The van der Waals surface area contributed by atoms with Crippen molar-refractivity contribution in [3.63, 3.8) is 0 Å². The van der Waals surface area contributed by atoms with Gasteiger partial charge in [-0.25, -0.2) is 4.39 Å². The number of hydrogen-bond acceptors (Lipinski definition) is 2. The minimum atomic E-state index is -0.254. The molecule has 0 N–H and O–H groups in total. The first-order chi connectivity index (χ1) is 8.11. The van der Waals surface area contributed by atoms with Gasteiger partial charge < -0.3 is 4.74 Å². The molecule has 0 fully saturated rings. The van der Waals surface area contributed by atoms with Gasteiger partial charge in [0, 0.05) is 5.56 Å². The molecule has 1 aromatic carbocycles. The maximum absolute atomic E-state index is 13.3. The summed E-state index contributed by atoms with van der Waals surface area (Å²) in [6, 6.07) is 6.63. The first-order valence-corrected chi connectivity index (χ1v) is 7.70. The summed E-state index contributed by atoms with van der Waals surface area (Å²) in [5.41, 5.74) is 1.92. The van der Waals surface area contributed by atoms with Gasteiger partial charge in [0.15, 0.2) is 0 Å². The number of rotatable bonds is 3. The average Bonchev–Trinajstić information content (AvgIpc) is 2.75. The number of ether oxygens (including phenoxy) is 1. The highest BCUT2D eigenvalue weighted by Crippen LogP contribution is 2.38. The fraction of sp³-hybridized carbons (Fsp3) is 0.167. The molecule has 0 saturated heterocycles. The van der Waals surface area contributed by atoms with Gasteiger partial charge in [0.25, 0.3) is 0 Å². The van der Waals surface area contributed by atoms with E-state index < -0.39 is 0 Å². The highest BCUT2D eigenvalue weighted by atomic mass is 127. The van der Waals surface area contributed by atoms with Gasteiger partial charge >= 0.3 is 0 Å². The standard InChI is InChI=1S/C12H9BrFIOS/c1-16-10-3-2-8(14)5-9(10)12(13)7-4-11(15)17-6-7/h2-6,12H,1H3. The van der Waals surface area contributed by atoms with Crippen molar-refractivity contribution in [1.29, 1.82) is 0 Å². The normalized spacial score (nSPS) is 12.5. The lowest BCUT2D eigenvalue weighted by molar-refractivity contribution is 0.409. The lowest BCUT2D eigenvalue weighted by Gasteiger charge is -2.13. The first-order valence-electron chi connectivity index (χ1n) is 4.83. The van der Waals surface area contributed by atoms with Crippen LogP contribution in [0.5, 0.6) is 5.75 Å². The first kappa shape index (κ1) is 13.3. The van der Waals surface area contributed by atoms with Gasteiger partial charge in [0.2, 0.25) is 0 Å². The van der Waals surface area contributed by atoms with Crippen molar-refractivity contribution in [2.75, 3.05) is 7.11 Å². The zero-order valence-corrected chi connectivity index (χ0v) is 13.5. The molecule has 90 valence electrons. The summed E-state index contributed by atoms with van der Waals surface area (Å²) >= 11 is 7.53. The molecule has 1 aromatic heterocycles. The molecule has 0 aliphatic rings. The van der Waals surface area contributed by atoms with Crippen LogP contribution in [-0.4, -0.2) is 7.11 Å². The number of halogens is 3. The molecule has 1 atom stereocenters. The van der Waals surface area contributed by atoms with Crippen LogP contribution in [0.2, 0.25) is 0 Å². The molecule has 0 amide bonds. The molecule has 0 radical (unpaired) electrons. The fourth-order valence-electron chi connectivity index (χ4n) is 1.54. The van der Waals surface area contributed by atoms with Crippen LogP contribution in [0.1, 0.15) is 16.0 Å². The smallest absolute Gasteiger partial charge is 0.123 e. The molecule has 17 heavy (non-hydrogen) atoms. The maximum Gasteiger partial charge on any atom is 0.123 e. The Kier molecular flexibility index (Phi) is 4.43. The largest absolute Gasteiger partial charge is 0.496 e. The fourth-order valence-corrected chi connectivity index (χ4v) is 3.73. The Labute approximate surface area is 125 Å². The predicted molar refractivity (Wildman–Crippen MR) is 80.8 cm³/mol. The maximum atomic E-state index is 13.3. The van der Waals surface area contributed by atoms with Crippen LogP contribution in [0.3, 0.4) is 0 Å². The van der Waals surface area contributed by atoms with Crippen LogP contribution < -0.4 is 4.74 Å². The molecular weight excluding hydrogens is 418 g/mol. The minimum absolute atomic E-state index is 0.0482. The van der Waals surface area contributed by atoms with Crippen LogP contribution in [0.15, 0.2) is 29.6 Å². The Morgan fingerprint density at radius 2 is 2.18 bits per heavy atom. The van der Waals surface area contributed by atoms with Gasteiger partial charge in [0.05, 0.1) is 14.8 Å². The van der Waals surface area contributed by atoms with Crippen LogP contribution >= 0.6 is 49.9 Å². The molecule has 0 saturated carbocycles. The van der Waals surface area contributed by atoms with Gasteiger partial charge in [0.1, 0.15) is 11.6 Å². The Hall–Kier alpha value is -0.140. The zero-order valence-electron chi connectivity index (χ0n) is 8.91. The van der Waals surface area contributed by atoms with E-state index in [2.05, 4.69) is 50.0 Å². The quantitative estimate of drug-likeness (QED) is 0.496.